The van der Waals surface area contributed by atoms with E-state index in [-0.39, 0.29) is 30.3 Å². The van der Waals surface area contributed by atoms with Gasteiger partial charge in [0.05, 0.1) is 18.2 Å². The second-order valence-electron chi connectivity index (χ2n) is 12.0. The largest absolute Gasteiger partial charge is 0.447 e. The Labute approximate surface area is 274 Å². The number of benzene rings is 3. The zero-order chi connectivity index (χ0) is 32.6. The Kier molecular flexibility index (Phi) is 11.3. The van der Waals surface area contributed by atoms with Crippen LogP contribution in [0.1, 0.15) is 42.1 Å². The third-order valence-electron chi connectivity index (χ3n) is 8.48. The molecule has 244 valence electrons. The van der Waals surface area contributed by atoms with Gasteiger partial charge in [-0.3, -0.25) is 14.5 Å². The van der Waals surface area contributed by atoms with Gasteiger partial charge in [0.2, 0.25) is 11.8 Å². The molecule has 1 fully saturated rings. The molecule has 0 spiro atoms. The van der Waals surface area contributed by atoms with Crippen molar-refractivity contribution in [3.05, 3.63) is 106 Å². The topological polar surface area (TPSA) is 103 Å². The standard InChI is InChI=1S/C35H41ClFN5O4/c1-23(2)46-35(45)39-22-32(28-9-5-6-10-29(28)37)41-15-17-42(18-16-41)34(44)31(19-24-11-13-27(36)14-12-24)40-33(43)30-20-25-7-3-4-8-26(25)21-38-30/h3-14,23,30-32,38H,15-22H2,1-2H3,(H,39,45)(H,40,43)/t30-,31-,32?/m1/s1. The number of carbonyl (C=O) groups is 3. The number of nitrogens with zero attached hydrogens (tertiary/aromatic N) is 2. The van der Waals surface area contributed by atoms with Crippen molar-refractivity contribution in [2.24, 2.45) is 0 Å². The fourth-order valence-corrected chi connectivity index (χ4v) is 6.19. The summed E-state index contributed by atoms with van der Waals surface area (Å²) in [5.41, 5.74) is 3.62. The lowest BCUT2D eigenvalue weighted by Crippen LogP contribution is -2.58. The van der Waals surface area contributed by atoms with E-state index in [1.54, 1.807) is 49.1 Å². The van der Waals surface area contributed by atoms with Crippen molar-refractivity contribution in [3.63, 3.8) is 0 Å². The molecule has 5 rings (SSSR count). The van der Waals surface area contributed by atoms with Crippen molar-refractivity contribution in [2.75, 3.05) is 32.7 Å². The molecule has 0 bridgehead atoms. The van der Waals surface area contributed by atoms with Gasteiger partial charge in [-0.2, -0.15) is 0 Å². The van der Waals surface area contributed by atoms with Gasteiger partial charge in [-0.15, -0.1) is 0 Å². The Balaban J connectivity index is 1.27. The molecular weight excluding hydrogens is 609 g/mol. The summed E-state index contributed by atoms with van der Waals surface area (Å²) in [6, 6.07) is 20.1. The number of hydrogen-bond donors (Lipinski definition) is 3. The van der Waals surface area contributed by atoms with E-state index in [2.05, 4.69) is 20.9 Å². The zero-order valence-electron chi connectivity index (χ0n) is 26.2. The van der Waals surface area contributed by atoms with E-state index in [4.69, 9.17) is 16.3 Å². The Morgan fingerprint density at radius 1 is 0.957 bits per heavy atom. The molecule has 2 aliphatic rings. The number of ether oxygens (including phenoxy) is 1. The molecule has 0 aliphatic carbocycles. The summed E-state index contributed by atoms with van der Waals surface area (Å²) in [7, 11) is 0. The van der Waals surface area contributed by atoms with Gasteiger partial charge in [0.15, 0.2) is 0 Å². The van der Waals surface area contributed by atoms with E-state index in [0.29, 0.717) is 56.2 Å². The Hall–Kier alpha value is -3.99. The molecular formula is C35H41ClFN5O4. The minimum atomic E-state index is -0.783. The highest BCUT2D eigenvalue weighted by atomic mass is 35.5. The van der Waals surface area contributed by atoms with Gasteiger partial charge < -0.3 is 25.6 Å². The van der Waals surface area contributed by atoms with Crippen molar-refractivity contribution in [1.29, 1.82) is 0 Å². The second-order valence-corrected chi connectivity index (χ2v) is 12.5. The van der Waals surface area contributed by atoms with Crippen LogP contribution in [0.2, 0.25) is 5.02 Å². The van der Waals surface area contributed by atoms with Crippen molar-refractivity contribution >= 4 is 29.5 Å². The molecule has 46 heavy (non-hydrogen) atoms. The lowest BCUT2D eigenvalue weighted by atomic mass is 9.95. The monoisotopic (exact) mass is 649 g/mol. The number of hydrogen-bond acceptors (Lipinski definition) is 6. The molecule has 3 aromatic rings. The predicted octanol–water partition coefficient (Wildman–Crippen LogP) is 4.24. The first-order chi connectivity index (χ1) is 22.2. The summed E-state index contributed by atoms with van der Waals surface area (Å²) in [4.78, 5) is 43.6. The fraction of sp³-hybridized carbons (Fsp3) is 0.400. The van der Waals surface area contributed by atoms with Gasteiger partial charge in [0.25, 0.3) is 0 Å². The third-order valence-corrected chi connectivity index (χ3v) is 8.73. The van der Waals surface area contributed by atoms with Crippen LogP contribution in [0.25, 0.3) is 0 Å². The molecule has 1 saturated heterocycles. The van der Waals surface area contributed by atoms with E-state index in [1.807, 2.05) is 36.4 Å². The van der Waals surface area contributed by atoms with Crippen LogP contribution in [0, 0.1) is 5.82 Å². The molecule has 3 amide bonds. The van der Waals surface area contributed by atoms with Crippen LogP contribution in [0.4, 0.5) is 9.18 Å². The number of halogens is 2. The fourth-order valence-electron chi connectivity index (χ4n) is 6.06. The molecule has 0 radical (unpaired) electrons. The smallest absolute Gasteiger partial charge is 0.407 e. The number of alkyl carbamates (subject to hydrolysis) is 1. The summed E-state index contributed by atoms with van der Waals surface area (Å²) >= 11 is 6.10. The van der Waals surface area contributed by atoms with Crippen LogP contribution in [0.3, 0.4) is 0 Å². The first-order valence-corrected chi connectivity index (χ1v) is 16.1. The average Bonchev–Trinajstić information content (AvgIpc) is 3.05. The minimum absolute atomic E-state index is 0.146. The van der Waals surface area contributed by atoms with E-state index in [0.717, 1.165) is 11.1 Å². The van der Waals surface area contributed by atoms with Gasteiger partial charge >= 0.3 is 6.09 Å². The predicted molar refractivity (Wildman–Crippen MR) is 175 cm³/mol. The van der Waals surface area contributed by atoms with Crippen molar-refractivity contribution in [1.82, 2.24) is 25.8 Å². The van der Waals surface area contributed by atoms with Crippen molar-refractivity contribution < 1.29 is 23.5 Å². The normalized spacial score (nSPS) is 17.9. The second kappa shape index (κ2) is 15.5. The molecule has 0 saturated carbocycles. The SMILES string of the molecule is CC(C)OC(=O)NCC(c1ccccc1F)N1CCN(C(=O)[C@@H](Cc2ccc(Cl)cc2)NC(=O)[C@H]2Cc3ccccc3CN2)CC1. The first kappa shape index (κ1) is 33.4. The maximum Gasteiger partial charge on any atom is 0.407 e. The Bertz CT molecular complexity index is 1510. The van der Waals surface area contributed by atoms with Crippen LogP contribution in [-0.4, -0.2) is 78.6 Å². The van der Waals surface area contributed by atoms with E-state index in [9.17, 15) is 18.8 Å². The number of carbonyl (C=O) groups excluding carboxylic acids is 3. The number of fused-ring (bicyclic) bond motifs is 1. The molecule has 0 aromatic heterocycles. The van der Waals surface area contributed by atoms with Gasteiger partial charge in [-0.05, 0) is 55.2 Å². The van der Waals surface area contributed by atoms with Crippen molar-refractivity contribution in [2.45, 2.75) is 57.5 Å². The van der Waals surface area contributed by atoms with Crippen LogP contribution >= 0.6 is 11.6 Å². The Morgan fingerprint density at radius 2 is 1.63 bits per heavy atom. The molecule has 1 unspecified atom stereocenters. The van der Waals surface area contributed by atoms with Crippen LogP contribution in [0.5, 0.6) is 0 Å². The molecule has 3 atom stereocenters. The van der Waals surface area contributed by atoms with Crippen LogP contribution < -0.4 is 16.0 Å². The summed E-state index contributed by atoms with van der Waals surface area (Å²) < 4.78 is 20.2. The van der Waals surface area contributed by atoms with Crippen molar-refractivity contribution in [3.8, 4) is 0 Å². The average molecular weight is 650 g/mol. The number of rotatable bonds is 10. The molecule has 9 nitrogen and oxygen atoms in total. The summed E-state index contributed by atoms with van der Waals surface area (Å²) in [6.07, 6.45) is -0.00153. The molecule has 3 N–H and O–H groups in total. The molecule has 2 aliphatic heterocycles. The lowest BCUT2D eigenvalue weighted by Gasteiger charge is -2.40. The maximum absolute atomic E-state index is 14.9. The zero-order valence-corrected chi connectivity index (χ0v) is 26.9. The van der Waals surface area contributed by atoms with Crippen LogP contribution in [-0.2, 0) is 33.7 Å². The molecule has 2 heterocycles. The third kappa shape index (κ3) is 8.63. The van der Waals surface area contributed by atoms with Gasteiger partial charge in [-0.25, -0.2) is 9.18 Å². The quantitative estimate of drug-likeness (QED) is 0.304. The summed E-state index contributed by atoms with van der Waals surface area (Å²) in [6.45, 7) is 5.91. The number of nitrogens with one attached hydrogen (secondary N) is 3. The van der Waals surface area contributed by atoms with Gasteiger partial charge in [0.1, 0.15) is 11.9 Å². The highest BCUT2D eigenvalue weighted by Gasteiger charge is 2.34. The van der Waals surface area contributed by atoms with E-state index >= 15 is 0 Å². The highest BCUT2D eigenvalue weighted by molar-refractivity contribution is 6.30. The summed E-state index contributed by atoms with van der Waals surface area (Å²) in [5, 5.41) is 9.71. The number of amides is 3. The number of piperazine rings is 1. The maximum atomic E-state index is 14.9. The van der Waals surface area contributed by atoms with E-state index in [1.165, 1.54) is 11.6 Å². The minimum Gasteiger partial charge on any atom is -0.447 e. The van der Waals surface area contributed by atoms with Crippen LogP contribution in [0.15, 0.2) is 72.8 Å². The highest BCUT2D eigenvalue weighted by Crippen LogP contribution is 2.25. The van der Waals surface area contributed by atoms with Gasteiger partial charge in [0, 0.05) is 56.3 Å². The Morgan fingerprint density at radius 3 is 2.33 bits per heavy atom. The van der Waals surface area contributed by atoms with Gasteiger partial charge in [-0.1, -0.05) is 66.2 Å². The molecule has 3 aromatic carbocycles. The molecule has 11 heteroatoms. The first-order valence-electron chi connectivity index (χ1n) is 15.7. The lowest BCUT2D eigenvalue weighted by molar-refractivity contribution is -0.138. The van der Waals surface area contributed by atoms with E-state index < -0.39 is 24.2 Å². The summed E-state index contributed by atoms with van der Waals surface area (Å²) in [5.74, 6) is -0.769.